The molecule has 0 radical (unpaired) electrons. The molecule has 23 heavy (non-hydrogen) atoms. The van der Waals surface area contributed by atoms with Gasteiger partial charge in [0.05, 0.1) is 0 Å². The fourth-order valence-electron chi connectivity index (χ4n) is 2.51. The number of hydrogen-bond acceptors (Lipinski definition) is 3. The standard InChI is InChI=1S/C19H22N2O2/c1-13-6-7-14(2)17(10-13)23-18-9-8-15(11-20-18)12-21-19(22)16-4-3-5-16/h6-11,16H,3-5,12H2,1-2H3,(H,21,22). The summed E-state index contributed by atoms with van der Waals surface area (Å²) in [6.45, 7) is 4.57. The average Bonchev–Trinajstić information content (AvgIpc) is 2.48. The van der Waals surface area contributed by atoms with Crippen molar-refractivity contribution < 1.29 is 9.53 Å². The second-order valence-electron chi connectivity index (χ2n) is 6.22. The van der Waals surface area contributed by atoms with E-state index < -0.39 is 0 Å². The monoisotopic (exact) mass is 310 g/mol. The maximum absolute atomic E-state index is 11.8. The van der Waals surface area contributed by atoms with Crippen molar-refractivity contribution >= 4 is 5.91 Å². The quantitative estimate of drug-likeness (QED) is 0.911. The molecule has 1 saturated carbocycles. The van der Waals surface area contributed by atoms with Crippen molar-refractivity contribution in [3.63, 3.8) is 0 Å². The molecule has 1 aliphatic rings. The Morgan fingerprint density at radius 1 is 1.26 bits per heavy atom. The zero-order chi connectivity index (χ0) is 16.2. The zero-order valence-electron chi connectivity index (χ0n) is 13.6. The van der Waals surface area contributed by atoms with Gasteiger partial charge in [0.1, 0.15) is 5.75 Å². The number of rotatable bonds is 5. The molecule has 0 atom stereocenters. The summed E-state index contributed by atoms with van der Waals surface area (Å²) < 4.78 is 5.84. The van der Waals surface area contributed by atoms with Crippen LogP contribution in [0.25, 0.3) is 0 Å². The normalized spacial score (nSPS) is 14.2. The number of carbonyl (C=O) groups excluding carboxylic acids is 1. The van der Waals surface area contributed by atoms with E-state index in [0.717, 1.165) is 35.3 Å². The number of amides is 1. The lowest BCUT2D eigenvalue weighted by molar-refractivity contribution is -0.127. The summed E-state index contributed by atoms with van der Waals surface area (Å²) in [4.78, 5) is 16.1. The molecule has 1 heterocycles. The summed E-state index contributed by atoms with van der Waals surface area (Å²) in [5.41, 5.74) is 3.21. The molecule has 1 fully saturated rings. The predicted octanol–water partition coefficient (Wildman–Crippen LogP) is 3.91. The number of nitrogens with zero attached hydrogens (tertiary/aromatic N) is 1. The van der Waals surface area contributed by atoms with E-state index in [1.807, 2.05) is 38.1 Å². The second kappa shape index (κ2) is 6.82. The van der Waals surface area contributed by atoms with Crippen LogP contribution < -0.4 is 10.1 Å². The minimum Gasteiger partial charge on any atom is -0.439 e. The number of ether oxygens (including phenoxy) is 1. The number of carbonyl (C=O) groups is 1. The van der Waals surface area contributed by atoms with Gasteiger partial charge >= 0.3 is 0 Å². The van der Waals surface area contributed by atoms with Gasteiger partial charge in [0.25, 0.3) is 0 Å². The van der Waals surface area contributed by atoms with E-state index in [2.05, 4.69) is 16.4 Å². The van der Waals surface area contributed by atoms with Gasteiger partial charge in [-0.2, -0.15) is 0 Å². The average molecular weight is 310 g/mol. The highest BCUT2D eigenvalue weighted by Gasteiger charge is 2.24. The Labute approximate surface area is 136 Å². The van der Waals surface area contributed by atoms with Gasteiger partial charge in [0, 0.05) is 24.7 Å². The maximum Gasteiger partial charge on any atom is 0.223 e. The molecule has 2 aromatic rings. The van der Waals surface area contributed by atoms with Crippen LogP contribution in [0.15, 0.2) is 36.5 Å². The van der Waals surface area contributed by atoms with Gasteiger partial charge in [-0.1, -0.05) is 24.6 Å². The molecule has 0 saturated heterocycles. The number of pyridine rings is 1. The number of benzene rings is 1. The topological polar surface area (TPSA) is 51.2 Å². The first kappa shape index (κ1) is 15.5. The van der Waals surface area contributed by atoms with Gasteiger partial charge < -0.3 is 10.1 Å². The molecule has 4 heteroatoms. The van der Waals surface area contributed by atoms with Crippen molar-refractivity contribution in [3.05, 3.63) is 53.2 Å². The third-order valence-corrected chi connectivity index (χ3v) is 4.30. The van der Waals surface area contributed by atoms with Gasteiger partial charge in [0.15, 0.2) is 0 Å². The van der Waals surface area contributed by atoms with Crippen molar-refractivity contribution in [3.8, 4) is 11.6 Å². The summed E-state index contributed by atoms with van der Waals surface area (Å²) in [5.74, 6) is 1.76. The highest BCUT2D eigenvalue weighted by Crippen LogP contribution is 2.26. The van der Waals surface area contributed by atoms with Crippen molar-refractivity contribution in [2.45, 2.75) is 39.7 Å². The predicted molar refractivity (Wildman–Crippen MR) is 89.4 cm³/mol. The summed E-state index contributed by atoms with van der Waals surface area (Å²) in [6, 6.07) is 9.88. The number of nitrogens with one attached hydrogen (secondary N) is 1. The fourth-order valence-corrected chi connectivity index (χ4v) is 2.51. The van der Waals surface area contributed by atoms with Gasteiger partial charge in [-0.05, 0) is 49.4 Å². The van der Waals surface area contributed by atoms with Crippen molar-refractivity contribution in [1.29, 1.82) is 0 Å². The maximum atomic E-state index is 11.8. The summed E-state index contributed by atoms with van der Waals surface area (Å²) in [6.07, 6.45) is 4.96. The Kier molecular flexibility index (Phi) is 4.60. The van der Waals surface area contributed by atoms with Crippen LogP contribution in [0.5, 0.6) is 11.6 Å². The fraction of sp³-hybridized carbons (Fsp3) is 0.368. The van der Waals surface area contributed by atoms with Crippen LogP contribution >= 0.6 is 0 Å². The van der Waals surface area contributed by atoms with Crippen LogP contribution in [-0.2, 0) is 11.3 Å². The first-order chi connectivity index (χ1) is 11.1. The van der Waals surface area contributed by atoms with E-state index in [0.29, 0.717) is 12.4 Å². The molecule has 0 bridgehead atoms. The van der Waals surface area contributed by atoms with Gasteiger partial charge in [-0.3, -0.25) is 4.79 Å². The first-order valence-electron chi connectivity index (χ1n) is 8.09. The molecule has 1 aromatic heterocycles. The number of aryl methyl sites for hydroxylation is 2. The Balaban J connectivity index is 1.58. The van der Waals surface area contributed by atoms with Crippen molar-refractivity contribution in [2.75, 3.05) is 0 Å². The molecule has 0 unspecified atom stereocenters. The SMILES string of the molecule is Cc1ccc(C)c(Oc2ccc(CNC(=O)C3CCC3)cn2)c1. The van der Waals surface area contributed by atoms with Gasteiger partial charge in [-0.15, -0.1) is 0 Å². The molecule has 3 rings (SSSR count). The van der Waals surface area contributed by atoms with Crippen molar-refractivity contribution in [1.82, 2.24) is 10.3 Å². The smallest absolute Gasteiger partial charge is 0.223 e. The molecule has 0 spiro atoms. The van der Waals surface area contributed by atoms with Crippen LogP contribution in [-0.4, -0.2) is 10.9 Å². The summed E-state index contributed by atoms with van der Waals surface area (Å²) >= 11 is 0. The third-order valence-electron chi connectivity index (χ3n) is 4.30. The minimum atomic E-state index is 0.159. The molecule has 1 aliphatic carbocycles. The van der Waals surface area contributed by atoms with Crippen LogP contribution in [0.3, 0.4) is 0 Å². The van der Waals surface area contributed by atoms with Crippen LogP contribution in [0.4, 0.5) is 0 Å². The van der Waals surface area contributed by atoms with E-state index in [-0.39, 0.29) is 11.8 Å². The lowest BCUT2D eigenvalue weighted by Crippen LogP contribution is -2.33. The first-order valence-corrected chi connectivity index (χ1v) is 8.09. The van der Waals surface area contributed by atoms with E-state index in [9.17, 15) is 4.79 Å². The molecular weight excluding hydrogens is 288 g/mol. The lowest BCUT2D eigenvalue weighted by Gasteiger charge is -2.24. The molecule has 0 aliphatic heterocycles. The molecule has 1 aromatic carbocycles. The minimum absolute atomic E-state index is 0.159. The molecule has 1 N–H and O–H groups in total. The van der Waals surface area contributed by atoms with E-state index in [4.69, 9.17) is 4.74 Å². The molecular formula is C19H22N2O2. The Bertz CT molecular complexity index is 691. The van der Waals surface area contributed by atoms with E-state index in [1.165, 1.54) is 6.42 Å². The van der Waals surface area contributed by atoms with E-state index >= 15 is 0 Å². The number of aromatic nitrogens is 1. The number of hydrogen-bond donors (Lipinski definition) is 1. The summed E-state index contributed by atoms with van der Waals surface area (Å²) in [7, 11) is 0. The third kappa shape index (κ3) is 3.89. The zero-order valence-corrected chi connectivity index (χ0v) is 13.6. The highest BCUT2D eigenvalue weighted by atomic mass is 16.5. The summed E-state index contributed by atoms with van der Waals surface area (Å²) in [5, 5.41) is 2.97. The lowest BCUT2D eigenvalue weighted by atomic mass is 9.85. The van der Waals surface area contributed by atoms with Gasteiger partial charge in [-0.25, -0.2) is 4.98 Å². The van der Waals surface area contributed by atoms with E-state index in [1.54, 1.807) is 6.20 Å². The Hall–Kier alpha value is -2.36. The Morgan fingerprint density at radius 2 is 2.09 bits per heavy atom. The molecule has 4 nitrogen and oxygen atoms in total. The van der Waals surface area contributed by atoms with Crippen LogP contribution in [0, 0.1) is 19.8 Å². The van der Waals surface area contributed by atoms with Gasteiger partial charge in [0.2, 0.25) is 11.8 Å². The second-order valence-corrected chi connectivity index (χ2v) is 6.22. The van der Waals surface area contributed by atoms with Crippen LogP contribution in [0.1, 0.15) is 36.0 Å². The molecule has 1 amide bonds. The Morgan fingerprint density at radius 3 is 2.74 bits per heavy atom. The largest absolute Gasteiger partial charge is 0.439 e. The van der Waals surface area contributed by atoms with Crippen molar-refractivity contribution in [2.24, 2.45) is 5.92 Å². The highest BCUT2D eigenvalue weighted by molar-refractivity contribution is 5.79. The van der Waals surface area contributed by atoms with Crippen LogP contribution in [0.2, 0.25) is 0 Å². The molecule has 120 valence electrons.